The van der Waals surface area contributed by atoms with E-state index in [0.717, 1.165) is 0 Å². The Morgan fingerprint density at radius 1 is 1.32 bits per heavy atom. The van der Waals surface area contributed by atoms with Gasteiger partial charge in [0.05, 0.1) is 5.69 Å². The van der Waals surface area contributed by atoms with Crippen LogP contribution in [0.4, 0.5) is 4.39 Å². The zero-order chi connectivity index (χ0) is 17.6. The molecule has 1 aromatic heterocycles. The van der Waals surface area contributed by atoms with Crippen LogP contribution < -0.4 is 4.74 Å². The van der Waals surface area contributed by atoms with Gasteiger partial charge in [-0.3, -0.25) is 4.99 Å². The molecule has 1 N–H and O–H groups in total. The first-order valence-corrected chi connectivity index (χ1v) is 7.43. The zero-order valence-electron chi connectivity index (χ0n) is 13.3. The highest BCUT2D eigenvalue weighted by atomic mass is 19.1. The van der Waals surface area contributed by atoms with Crippen LogP contribution in [-0.4, -0.2) is 46.6 Å². The highest BCUT2D eigenvalue weighted by Gasteiger charge is 2.22. The summed E-state index contributed by atoms with van der Waals surface area (Å²) in [6.07, 6.45) is 1.21. The molecule has 25 heavy (non-hydrogen) atoms. The van der Waals surface area contributed by atoms with E-state index in [4.69, 9.17) is 14.3 Å². The average Bonchev–Trinajstić information content (AvgIpc) is 2.65. The van der Waals surface area contributed by atoms with Crippen molar-refractivity contribution in [1.29, 1.82) is 0 Å². The lowest BCUT2D eigenvalue weighted by atomic mass is 10.1. The van der Waals surface area contributed by atoms with Crippen LogP contribution in [0, 0.1) is 12.7 Å². The summed E-state index contributed by atoms with van der Waals surface area (Å²) < 4.78 is 25.2. The van der Waals surface area contributed by atoms with Crippen LogP contribution in [0.1, 0.15) is 11.3 Å². The van der Waals surface area contributed by atoms with Gasteiger partial charge in [-0.2, -0.15) is 9.37 Å². The van der Waals surface area contributed by atoms with Gasteiger partial charge in [0.2, 0.25) is 5.82 Å². The lowest BCUT2D eigenvalue weighted by molar-refractivity contribution is 0.0675. The van der Waals surface area contributed by atoms with Crippen LogP contribution in [0.25, 0.3) is 0 Å². The number of para-hydroxylation sites is 1. The molecule has 9 heteroatoms. The number of benzene rings is 1. The Kier molecular flexibility index (Phi) is 5.14. The molecular formula is C16H15FN4O4. The van der Waals surface area contributed by atoms with Crippen molar-refractivity contribution < 1.29 is 23.8 Å². The molecule has 0 bridgehead atoms. The summed E-state index contributed by atoms with van der Waals surface area (Å²) >= 11 is 0. The van der Waals surface area contributed by atoms with E-state index in [1.165, 1.54) is 13.3 Å². The van der Waals surface area contributed by atoms with Crippen LogP contribution in [-0.2, 0) is 9.57 Å². The molecule has 8 nitrogen and oxygen atoms in total. The van der Waals surface area contributed by atoms with E-state index in [1.807, 2.05) is 0 Å². The van der Waals surface area contributed by atoms with Gasteiger partial charge < -0.3 is 19.4 Å². The maximum atomic E-state index is 14.1. The lowest BCUT2D eigenvalue weighted by Crippen LogP contribution is -2.26. The van der Waals surface area contributed by atoms with Gasteiger partial charge in [0.15, 0.2) is 6.61 Å². The Morgan fingerprint density at radius 2 is 2.16 bits per heavy atom. The standard InChI is InChI=1S/C16H15FN4O4/c1-10-13(17)15(19-8-18-10)25-12-5-3-2-4-11(12)14(20-9-22)16-21-24-7-6-23-16/h2-5,8,22H,6-7,9H2,1H3. The second-order valence-electron chi connectivity index (χ2n) is 4.90. The highest BCUT2D eigenvalue weighted by Crippen LogP contribution is 2.27. The first-order valence-electron chi connectivity index (χ1n) is 7.43. The Hall–Kier alpha value is -3.07. The van der Waals surface area contributed by atoms with Crippen LogP contribution in [0.3, 0.4) is 0 Å². The van der Waals surface area contributed by atoms with E-state index >= 15 is 0 Å². The number of hydrogen-bond acceptors (Lipinski definition) is 8. The second-order valence-corrected chi connectivity index (χ2v) is 4.90. The molecule has 0 spiro atoms. The Labute approximate surface area is 142 Å². The van der Waals surface area contributed by atoms with Gasteiger partial charge in [0.25, 0.3) is 11.8 Å². The van der Waals surface area contributed by atoms with Crippen molar-refractivity contribution in [2.45, 2.75) is 6.92 Å². The van der Waals surface area contributed by atoms with Crippen molar-refractivity contribution >= 4 is 11.6 Å². The summed E-state index contributed by atoms with van der Waals surface area (Å²) in [5, 5.41) is 13.0. The second kappa shape index (κ2) is 7.67. The normalized spacial score (nSPS) is 14.4. The van der Waals surface area contributed by atoms with Crippen LogP contribution in [0.2, 0.25) is 0 Å². The SMILES string of the molecule is Cc1ncnc(Oc2ccccc2C(=NCO)C2=NOCCO2)c1F. The number of aromatic nitrogens is 2. The largest absolute Gasteiger partial charge is 0.470 e. The molecule has 2 aromatic rings. The predicted molar refractivity (Wildman–Crippen MR) is 86.2 cm³/mol. The number of hydrogen-bond donors (Lipinski definition) is 1. The number of aliphatic hydroxyl groups excluding tert-OH is 1. The predicted octanol–water partition coefficient (Wildman–Crippen LogP) is 1.82. The fourth-order valence-electron chi connectivity index (χ4n) is 2.12. The van der Waals surface area contributed by atoms with Gasteiger partial charge in [-0.1, -0.05) is 12.1 Å². The van der Waals surface area contributed by atoms with Crippen molar-refractivity contribution in [3.63, 3.8) is 0 Å². The molecule has 0 atom stereocenters. The van der Waals surface area contributed by atoms with E-state index in [0.29, 0.717) is 18.8 Å². The molecule has 130 valence electrons. The molecule has 1 aliphatic heterocycles. The molecule has 0 radical (unpaired) electrons. The van der Waals surface area contributed by atoms with Crippen molar-refractivity contribution in [2.75, 3.05) is 19.9 Å². The molecule has 3 rings (SSSR count). The molecule has 2 heterocycles. The van der Waals surface area contributed by atoms with E-state index < -0.39 is 12.5 Å². The third-order valence-corrected chi connectivity index (χ3v) is 3.27. The van der Waals surface area contributed by atoms with Crippen LogP contribution in [0.5, 0.6) is 11.6 Å². The Bertz CT molecular complexity index is 826. The number of nitrogens with zero attached hydrogens (tertiary/aromatic N) is 4. The van der Waals surface area contributed by atoms with E-state index in [1.54, 1.807) is 24.3 Å². The lowest BCUT2D eigenvalue weighted by Gasteiger charge is -2.17. The molecular weight excluding hydrogens is 331 g/mol. The van der Waals surface area contributed by atoms with Gasteiger partial charge in [0.1, 0.15) is 31.1 Å². The first-order chi connectivity index (χ1) is 12.2. The highest BCUT2D eigenvalue weighted by molar-refractivity contribution is 6.46. The zero-order valence-corrected chi connectivity index (χ0v) is 13.3. The summed E-state index contributed by atoms with van der Waals surface area (Å²) in [5.74, 6) is -0.502. The number of oxime groups is 1. The maximum absolute atomic E-state index is 14.1. The van der Waals surface area contributed by atoms with E-state index in [9.17, 15) is 9.50 Å². The molecule has 0 aliphatic carbocycles. The molecule has 0 saturated carbocycles. The summed E-state index contributed by atoms with van der Waals surface area (Å²) in [6, 6.07) is 6.74. The van der Waals surface area contributed by atoms with Gasteiger partial charge in [-0.25, -0.2) is 4.98 Å². The number of halogens is 1. The minimum Gasteiger partial charge on any atom is -0.470 e. The minimum atomic E-state index is -0.660. The number of ether oxygens (including phenoxy) is 2. The molecule has 0 amide bonds. The number of aryl methyl sites for hydroxylation is 1. The summed E-state index contributed by atoms with van der Waals surface area (Å²) in [6.45, 7) is 1.63. The van der Waals surface area contributed by atoms with Crippen LogP contribution >= 0.6 is 0 Å². The van der Waals surface area contributed by atoms with E-state index in [2.05, 4.69) is 20.1 Å². The van der Waals surface area contributed by atoms with Gasteiger partial charge in [0, 0.05) is 5.56 Å². The fourth-order valence-corrected chi connectivity index (χ4v) is 2.12. The van der Waals surface area contributed by atoms with Gasteiger partial charge in [-0.05, 0) is 24.2 Å². The van der Waals surface area contributed by atoms with Crippen molar-refractivity contribution in [3.05, 3.63) is 47.7 Å². The van der Waals surface area contributed by atoms with Gasteiger partial charge in [-0.15, -0.1) is 0 Å². The summed E-state index contributed by atoms with van der Waals surface area (Å²) in [4.78, 5) is 16.6. The number of aliphatic imine (C=N–C) groups is 1. The average molecular weight is 346 g/mol. The first kappa shape index (κ1) is 16.8. The number of aliphatic hydroxyl groups is 1. The molecule has 1 aromatic carbocycles. The third-order valence-electron chi connectivity index (χ3n) is 3.27. The summed E-state index contributed by atoms with van der Waals surface area (Å²) in [7, 11) is 0. The van der Waals surface area contributed by atoms with E-state index in [-0.39, 0.29) is 28.9 Å². The number of rotatable bonds is 5. The maximum Gasteiger partial charge on any atom is 0.276 e. The smallest absolute Gasteiger partial charge is 0.276 e. The third kappa shape index (κ3) is 3.72. The topological polar surface area (TPSA) is 98.4 Å². The molecule has 0 fully saturated rings. The van der Waals surface area contributed by atoms with Crippen molar-refractivity contribution in [1.82, 2.24) is 9.97 Å². The van der Waals surface area contributed by atoms with Crippen molar-refractivity contribution in [2.24, 2.45) is 10.1 Å². The van der Waals surface area contributed by atoms with Crippen LogP contribution in [0.15, 0.2) is 40.7 Å². The summed E-state index contributed by atoms with van der Waals surface area (Å²) in [5.41, 5.74) is 0.834. The molecule has 0 unspecified atom stereocenters. The Balaban J connectivity index is 2.01. The van der Waals surface area contributed by atoms with Crippen molar-refractivity contribution in [3.8, 4) is 11.6 Å². The quantitative estimate of drug-likeness (QED) is 0.829. The monoisotopic (exact) mass is 346 g/mol. The fraction of sp³-hybridized carbons (Fsp3) is 0.250. The van der Waals surface area contributed by atoms with Gasteiger partial charge >= 0.3 is 0 Å². The molecule has 1 aliphatic rings. The Morgan fingerprint density at radius 3 is 2.92 bits per heavy atom. The minimum absolute atomic E-state index is 0.107. The molecule has 0 saturated heterocycles.